The molecule has 0 heterocycles. The third-order valence-electron chi connectivity index (χ3n) is 6.43. The molecule has 35 heavy (non-hydrogen) atoms. The summed E-state index contributed by atoms with van der Waals surface area (Å²) in [7, 11) is 0. The third kappa shape index (κ3) is 24.5. The highest BCUT2D eigenvalue weighted by molar-refractivity contribution is 14.1. The maximum atomic E-state index is 11.7. The smallest absolute Gasteiger partial charge is 0.318 e. The molecular weight excluding hydrogens is 668 g/mol. The second-order valence-electron chi connectivity index (χ2n) is 9.87. The van der Waals surface area contributed by atoms with E-state index < -0.39 is 0 Å². The van der Waals surface area contributed by atoms with Gasteiger partial charge >= 0.3 is 11.9 Å². The zero-order valence-corrected chi connectivity index (χ0v) is 27.2. The summed E-state index contributed by atoms with van der Waals surface area (Å²) in [6.45, 7) is 9.39. The zero-order valence-electron chi connectivity index (χ0n) is 22.9. The van der Waals surface area contributed by atoms with Crippen molar-refractivity contribution in [2.45, 2.75) is 131 Å². The lowest BCUT2D eigenvalue weighted by atomic mass is 10.0. The van der Waals surface area contributed by atoms with E-state index in [1.54, 1.807) is 0 Å². The summed E-state index contributed by atoms with van der Waals surface area (Å²) < 4.78 is 10.5. The number of alkyl halides is 2. The van der Waals surface area contributed by atoms with Crippen molar-refractivity contribution in [1.82, 2.24) is 0 Å². The number of carbonyl (C=O) groups is 2. The Morgan fingerprint density at radius 1 is 0.571 bits per heavy atom. The van der Waals surface area contributed by atoms with Crippen molar-refractivity contribution >= 4 is 57.1 Å². The molecule has 0 saturated heterocycles. The Labute approximate surface area is 243 Å². The van der Waals surface area contributed by atoms with E-state index in [-0.39, 0.29) is 19.8 Å². The van der Waals surface area contributed by atoms with Crippen molar-refractivity contribution in [3.8, 4) is 0 Å². The monoisotopic (exact) mass is 722 g/mol. The minimum absolute atomic E-state index is 0.123. The van der Waals surface area contributed by atoms with Crippen LogP contribution in [0.2, 0.25) is 0 Å². The molecule has 0 aromatic carbocycles. The van der Waals surface area contributed by atoms with E-state index in [4.69, 9.17) is 9.47 Å². The molecule has 0 fully saturated rings. The van der Waals surface area contributed by atoms with Crippen molar-refractivity contribution in [1.29, 1.82) is 0 Å². The molecule has 0 amide bonds. The van der Waals surface area contributed by atoms with Gasteiger partial charge in [-0.25, -0.2) is 0 Å². The summed E-state index contributed by atoms with van der Waals surface area (Å²) in [6.07, 6.45) is 21.9. The Balaban J connectivity index is 3.79. The molecular formula is C28H54I2NO4+. The van der Waals surface area contributed by atoms with Crippen LogP contribution in [0.15, 0.2) is 0 Å². The van der Waals surface area contributed by atoms with E-state index in [1.807, 2.05) is 13.8 Å². The molecule has 1 N–H and O–H groups in total. The van der Waals surface area contributed by atoms with Crippen LogP contribution in [0.4, 0.5) is 0 Å². The molecule has 0 rings (SSSR count). The number of ether oxygens (including phenoxy) is 2. The van der Waals surface area contributed by atoms with Crippen LogP contribution >= 0.6 is 45.2 Å². The van der Waals surface area contributed by atoms with Crippen molar-refractivity contribution in [3.63, 3.8) is 0 Å². The van der Waals surface area contributed by atoms with Gasteiger partial charge in [0.15, 0.2) is 0 Å². The molecule has 208 valence electrons. The summed E-state index contributed by atoms with van der Waals surface area (Å²) >= 11 is 4.15. The van der Waals surface area contributed by atoms with Gasteiger partial charge in [0, 0.05) is 0 Å². The van der Waals surface area contributed by atoms with Crippen LogP contribution in [0.3, 0.4) is 0 Å². The number of quaternary nitrogens is 1. The summed E-state index contributed by atoms with van der Waals surface area (Å²) in [5.41, 5.74) is 0. The molecule has 2 unspecified atom stereocenters. The predicted octanol–water partition coefficient (Wildman–Crippen LogP) is 6.87. The maximum Gasteiger partial charge on any atom is 0.318 e. The lowest BCUT2D eigenvalue weighted by Crippen LogP contribution is -3.13. The lowest BCUT2D eigenvalue weighted by molar-refractivity contribution is -0.900. The van der Waals surface area contributed by atoms with Crippen LogP contribution in [-0.2, 0) is 19.1 Å². The standard InChI is InChI=1S/C28H53I2NO4/c1-4-5-6-7-8-9-10-11-12-13-14-15-16-17-18-19-20-31(21-23-34-27(32)25(2)29)22-24-35-28(33)26(3)30/h25-26H,4-24H2,1-3H3/p+1. The molecule has 0 aromatic rings. The average Bonchev–Trinajstić information content (AvgIpc) is 2.82. The van der Waals surface area contributed by atoms with Crippen LogP contribution in [0, 0.1) is 0 Å². The Kier molecular flexibility index (Phi) is 26.3. The first-order valence-corrected chi connectivity index (χ1v) is 16.8. The highest BCUT2D eigenvalue weighted by atomic mass is 127. The predicted molar refractivity (Wildman–Crippen MR) is 164 cm³/mol. The minimum Gasteiger partial charge on any atom is -0.459 e. The molecule has 0 aliphatic carbocycles. The normalized spacial score (nSPS) is 13.9. The number of hydrogen-bond acceptors (Lipinski definition) is 4. The van der Waals surface area contributed by atoms with Gasteiger partial charge in [-0.1, -0.05) is 142 Å². The molecule has 0 aliphatic rings. The number of unbranched alkanes of at least 4 members (excludes halogenated alkanes) is 15. The van der Waals surface area contributed by atoms with Crippen molar-refractivity contribution in [3.05, 3.63) is 0 Å². The second kappa shape index (κ2) is 26.0. The van der Waals surface area contributed by atoms with Crippen LogP contribution in [0.1, 0.15) is 124 Å². The molecule has 0 aliphatic heterocycles. The third-order valence-corrected chi connectivity index (χ3v) is 7.45. The Hall–Kier alpha value is 0.360. The fourth-order valence-electron chi connectivity index (χ4n) is 4.12. The van der Waals surface area contributed by atoms with E-state index >= 15 is 0 Å². The average molecular weight is 723 g/mol. The van der Waals surface area contributed by atoms with Gasteiger partial charge in [-0.05, 0) is 26.7 Å². The minimum atomic E-state index is -0.155. The quantitative estimate of drug-likeness (QED) is 0.0485. The number of hydrogen-bond donors (Lipinski definition) is 1. The van der Waals surface area contributed by atoms with Gasteiger partial charge in [0.25, 0.3) is 0 Å². The summed E-state index contributed by atoms with van der Waals surface area (Å²) in [5.74, 6) is -0.310. The van der Waals surface area contributed by atoms with E-state index in [0.29, 0.717) is 13.2 Å². The van der Waals surface area contributed by atoms with Gasteiger partial charge in [0.1, 0.15) is 34.2 Å². The first-order valence-electron chi connectivity index (χ1n) is 14.3. The first-order chi connectivity index (χ1) is 16.9. The molecule has 2 atom stereocenters. The molecule has 0 bridgehead atoms. The number of nitrogens with one attached hydrogen (secondary N) is 1. The number of esters is 2. The summed E-state index contributed by atoms with van der Waals surface area (Å²) in [5, 5.41) is 0. The fourth-order valence-corrected chi connectivity index (χ4v) is 4.48. The van der Waals surface area contributed by atoms with Gasteiger partial charge in [0.05, 0.1) is 6.54 Å². The van der Waals surface area contributed by atoms with E-state index in [0.717, 1.165) is 19.6 Å². The van der Waals surface area contributed by atoms with E-state index in [9.17, 15) is 9.59 Å². The molecule has 0 radical (unpaired) electrons. The highest BCUT2D eigenvalue weighted by Crippen LogP contribution is 2.13. The number of halogens is 2. The molecule has 0 saturated carbocycles. The largest absolute Gasteiger partial charge is 0.459 e. The van der Waals surface area contributed by atoms with Crippen molar-refractivity contribution < 1.29 is 24.0 Å². The van der Waals surface area contributed by atoms with Gasteiger partial charge in [-0.2, -0.15) is 0 Å². The van der Waals surface area contributed by atoms with Crippen molar-refractivity contribution in [2.24, 2.45) is 0 Å². The van der Waals surface area contributed by atoms with Crippen LogP contribution in [0.5, 0.6) is 0 Å². The number of carbonyl (C=O) groups excluding carboxylic acids is 2. The maximum absolute atomic E-state index is 11.7. The van der Waals surface area contributed by atoms with E-state index in [1.165, 1.54) is 108 Å². The Bertz CT molecular complexity index is 477. The summed E-state index contributed by atoms with van der Waals surface area (Å²) in [4.78, 5) is 24.8. The second-order valence-corrected chi connectivity index (χ2v) is 13.6. The van der Waals surface area contributed by atoms with Crippen LogP contribution in [0.25, 0.3) is 0 Å². The van der Waals surface area contributed by atoms with Gasteiger partial charge in [-0.15, -0.1) is 0 Å². The van der Waals surface area contributed by atoms with Gasteiger partial charge < -0.3 is 14.4 Å². The molecule has 5 nitrogen and oxygen atoms in total. The SMILES string of the molecule is CCCCCCCCCCCCCCCCCC[NH+](CCOC(=O)C(C)I)CCOC(=O)C(C)I. The van der Waals surface area contributed by atoms with Gasteiger partial charge in [0.2, 0.25) is 0 Å². The summed E-state index contributed by atoms with van der Waals surface area (Å²) in [6, 6.07) is 0. The molecule has 7 heteroatoms. The fraction of sp³-hybridized carbons (Fsp3) is 0.929. The number of rotatable bonds is 25. The first kappa shape index (κ1) is 35.4. The van der Waals surface area contributed by atoms with E-state index in [2.05, 4.69) is 52.1 Å². The van der Waals surface area contributed by atoms with Crippen LogP contribution < -0.4 is 4.90 Å². The Morgan fingerprint density at radius 2 is 0.886 bits per heavy atom. The lowest BCUT2D eigenvalue weighted by Gasteiger charge is -2.20. The van der Waals surface area contributed by atoms with Gasteiger partial charge in [-0.3, -0.25) is 9.59 Å². The van der Waals surface area contributed by atoms with Crippen molar-refractivity contribution in [2.75, 3.05) is 32.8 Å². The van der Waals surface area contributed by atoms with Crippen LogP contribution in [-0.4, -0.2) is 52.6 Å². The Morgan fingerprint density at radius 3 is 1.20 bits per heavy atom. The molecule has 0 spiro atoms. The topological polar surface area (TPSA) is 57.0 Å². The zero-order chi connectivity index (χ0) is 26.2. The molecule has 0 aromatic heterocycles. The highest BCUT2D eigenvalue weighted by Gasteiger charge is 2.15.